The molecule has 1 heterocycles. The van der Waals surface area contributed by atoms with Gasteiger partial charge < -0.3 is 14.7 Å². The van der Waals surface area contributed by atoms with E-state index in [2.05, 4.69) is 5.32 Å². The first kappa shape index (κ1) is 14.4. The highest BCUT2D eigenvalue weighted by Crippen LogP contribution is 2.26. The van der Waals surface area contributed by atoms with Crippen LogP contribution in [0.2, 0.25) is 0 Å². The summed E-state index contributed by atoms with van der Waals surface area (Å²) >= 11 is 0. The minimum atomic E-state index is -4.64. The number of hydrogen-bond donors (Lipinski definition) is 4. The number of benzene rings is 2. The van der Waals surface area contributed by atoms with Crippen molar-refractivity contribution in [3.05, 3.63) is 47.5 Å². The van der Waals surface area contributed by atoms with Gasteiger partial charge >= 0.3 is 7.82 Å². The van der Waals surface area contributed by atoms with Gasteiger partial charge in [-0.25, -0.2) is 4.57 Å². The van der Waals surface area contributed by atoms with Crippen LogP contribution in [0.4, 0.5) is 0 Å². The van der Waals surface area contributed by atoms with E-state index in [1.807, 2.05) is 30.3 Å². The van der Waals surface area contributed by atoms with E-state index in [1.165, 1.54) is 0 Å². The third-order valence-electron chi connectivity index (χ3n) is 2.63. The SMILES string of the molecule is O=C1NC(=O)c2c1ccc1ccccc21.O=P(O)(O)O. The molecule has 0 radical (unpaired) electrons. The summed E-state index contributed by atoms with van der Waals surface area (Å²) in [4.78, 5) is 44.5. The van der Waals surface area contributed by atoms with Gasteiger partial charge in [0.1, 0.15) is 0 Å². The second kappa shape index (κ2) is 5.15. The molecule has 7 nitrogen and oxygen atoms in total. The number of phosphoric acid groups is 1. The van der Waals surface area contributed by atoms with Crippen LogP contribution in [0.15, 0.2) is 36.4 Å². The third kappa shape index (κ3) is 3.09. The standard InChI is InChI=1S/C12H7NO2.H3O4P/c14-11-9-6-5-7-3-1-2-4-8(7)10(9)12(15)13-11;1-5(2,3)4/h1-6H,(H,13,14,15);(H3,1,2,3,4). The molecule has 2 amide bonds. The Morgan fingerprint density at radius 3 is 2.15 bits per heavy atom. The highest BCUT2D eigenvalue weighted by Gasteiger charge is 2.28. The minimum absolute atomic E-state index is 0.299. The average molecular weight is 295 g/mol. The molecule has 0 fully saturated rings. The lowest BCUT2D eigenvalue weighted by Crippen LogP contribution is -2.19. The van der Waals surface area contributed by atoms with Crippen LogP contribution in [0.5, 0.6) is 0 Å². The van der Waals surface area contributed by atoms with E-state index in [0.717, 1.165) is 10.8 Å². The summed E-state index contributed by atoms with van der Waals surface area (Å²) in [5.41, 5.74) is 0.969. The lowest BCUT2D eigenvalue weighted by Gasteiger charge is -2.00. The van der Waals surface area contributed by atoms with E-state index >= 15 is 0 Å². The van der Waals surface area contributed by atoms with Crippen molar-refractivity contribution in [2.45, 2.75) is 0 Å². The third-order valence-corrected chi connectivity index (χ3v) is 2.63. The Morgan fingerprint density at radius 1 is 0.900 bits per heavy atom. The molecule has 0 aliphatic carbocycles. The van der Waals surface area contributed by atoms with Gasteiger partial charge in [-0.1, -0.05) is 30.3 Å². The van der Waals surface area contributed by atoms with Crippen molar-refractivity contribution in [2.24, 2.45) is 0 Å². The van der Waals surface area contributed by atoms with E-state index < -0.39 is 7.82 Å². The maximum atomic E-state index is 11.6. The van der Waals surface area contributed by atoms with Gasteiger partial charge in [-0.05, 0) is 16.8 Å². The van der Waals surface area contributed by atoms with Crippen molar-refractivity contribution in [3.63, 3.8) is 0 Å². The molecule has 3 rings (SSSR count). The molecule has 0 spiro atoms. The molecular weight excluding hydrogens is 285 g/mol. The van der Waals surface area contributed by atoms with Gasteiger partial charge in [-0.15, -0.1) is 0 Å². The Bertz CT molecular complexity index is 742. The molecule has 0 bridgehead atoms. The Labute approximate surface area is 113 Å². The van der Waals surface area contributed by atoms with Crippen molar-refractivity contribution in [2.75, 3.05) is 0 Å². The number of carbonyl (C=O) groups is 2. The summed E-state index contributed by atoms with van der Waals surface area (Å²) in [5.74, 6) is -0.604. The fourth-order valence-electron chi connectivity index (χ4n) is 1.94. The Balaban J connectivity index is 0.000000257. The molecule has 104 valence electrons. The molecule has 2 aromatic rings. The lowest BCUT2D eigenvalue weighted by molar-refractivity contribution is 0.0880. The maximum Gasteiger partial charge on any atom is 0.466 e. The van der Waals surface area contributed by atoms with E-state index in [4.69, 9.17) is 19.2 Å². The molecular formula is C12H10NO6P. The molecule has 2 aromatic carbocycles. The van der Waals surface area contributed by atoms with Crippen LogP contribution in [0.25, 0.3) is 10.8 Å². The lowest BCUT2D eigenvalue weighted by atomic mass is 10.0. The topological polar surface area (TPSA) is 124 Å². The monoisotopic (exact) mass is 295 g/mol. The first-order chi connectivity index (χ1) is 9.27. The van der Waals surface area contributed by atoms with Crippen LogP contribution in [0, 0.1) is 0 Å². The molecule has 0 saturated heterocycles. The van der Waals surface area contributed by atoms with E-state index in [9.17, 15) is 9.59 Å². The fraction of sp³-hybridized carbons (Fsp3) is 0. The van der Waals surface area contributed by atoms with Gasteiger partial charge in [0.25, 0.3) is 11.8 Å². The Morgan fingerprint density at radius 2 is 1.50 bits per heavy atom. The van der Waals surface area contributed by atoms with Crippen LogP contribution in [0.1, 0.15) is 20.7 Å². The van der Waals surface area contributed by atoms with Gasteiger partial charge in [-0.2, -0.15) is 0 Å². The minimum Gasteiger partial charge on any atom is -0.303 e. The Kier molecular flexibility index (Phi) is 3.69. The van der Waals surface area contributed by atoms with Crippen LogP contribution >= 0.6 is 7.82 Å². The molecule has 1 aliphatic rings. The van der Waals surface area contributed by atoms with E-state index in [-0.39, 0.29) is 11.8 Å². The first-order valence-corrected chi connectivity index (χ1v) is 6.99. The fourth-order valence-corrected chi connectivity index (χ4v) is 1.94. The predicted octanol–water partition coefficient (Wildman–Crippen LogP) is 0.795. The van der Waals surface area contributed by atoms with Crippen LogP contribution in [-0.2, 0) is 4.57 Å². The van der Waals surface area contributed by atoms with Crippen molar-refractivity contribution in [3.8, 4) is 0 Å². The van der Waals surface area contributed by atoms with Crippen molar-refractivity contribution >= 4 is 30.4 Å². The summed E-state index contributed by atoms with van der Waals surface area (Å²) in [6.07, 6.45) is 0. The van der Waals surface area contributed by atoms with Gasteiger partial charge in [0.15, 0.2) is 0 Å². The molecule has 8 heteroatoms. The summed E-state index contributed by atoms with van der Waals surface area (Å²) < 4.78 is 8.88. The number of amides is 2. The average Bonchev–Trinajstić information content (AvgIpc) is 2.63. The predicted molar refractivity (Wildman–Crippen MR) is 70.0 cm³/mol. The molecule has 0 atom stereocenters. The zero-order valence-electron chi connectivity index (χ0n) is 9.98. The molecule has 1 aliphatic heterocycles. The highest BCUT2D eigenvalue weighted by atomic mass is 31.2. The highest BCUT2D eigenvalue weighted by molar-refractivity contribution is 7.45. The molecule has 4 N–H and O–H groups in total. The second-order valence-electron chi connectivity index (χ2n) is 4.01. The summed E-state index contributed by atoms with van der Waals surface area (Å²) in [5, 5.41) is 4.10. The van der Waals surface area contributed by atoms with Gasteiger partial charge in [0.2, 0.25) is 0 Å². The molecule has 20 heavy (non-hydrogen) atoms. The van der Waals surface area contributed by atoms with Crippen LogP contribution in [-0.4, -0.2) is 26.5 Å². The number of rotatable bonds is 0. The zero-order valence-corrected chi connectivity index (χ0v) is 10.9. The summed E-state index contributed by atoms with van der Waals surface area (Å²) in [6.45, 7) is 0. The smallest absolute Gasteiger partial charge is 0.303 e. The number of hydrogen-bond acceptors (Lipinski definition) is 3. The molecule has 0 unspecified atom stereocenters. The quantitative estimate of drug-likeness (QED) is 0.421. The van der Waals surface area contributed by atoms with Gasteiger partial charge in [0.05, 0.1) is 11.1 Å². The maximum absolute atomic E-state index is 11.6. The Hall–Kier alpha value is -2.05. The largest absolute Gasteiger partial charge is 0.466 e. The number of fused-ring (bicyclic) bond motifs is 3. The number of carbonyl (C=O) groups excluding carboxylic acids is 2. The first-order valence-electron chi connectivity index (χ1n) is 5.43. The second-order valence-corrected chi connectivity index (χ2v) is 5.03. The van der Waals surface area contributed by atoms with Crippen LogP contribution < -0.4 is 5.32 Å². The molecule has 0 saturated carbocycles. The van der Waals surface area contributed by atoms with Crippen molar-refractivity contribution < 1.29 is 28.8 Å². The summed E-state index contributed by atoms with van der Waals surface area (Å²) in [6, 6.07) is 11.1. The van der Waals surface area contributed by atoms with E-state index in [1.54, 1.807) is 6.07 Å². The zero-order chi connectivity index (χ0) is 14.9. The van der Waals surface area contributed by atoms with Gasteiger partial charge in [-0.3, -0.25) is 14.9 Å². The van der Waals surface area contributed by atoms with Crippen molar-refractivity contribution in [1.82, 2.24) is 5.32 Å². The molecule has 0 aromatic heterocycles. The van der Waals surface area contributed by atoms with Crippen molar-refractivity contribution in [1.29, 1.82) is 0 Å². The summed E-state index contributed by atoms with van der Waals surface area (Å²) in [7, 11) is -4.64. The van der Waals surface area contributed by atoms with Gasteiger partial charge in [0, 0.05) is 0 Å². The number of nitrogens with one attached hydrogen (secondary N) is 1. The van der Waals surface area contributed by atoms with E-state index in [0.29, 0.717) is 11.1 Å². The number of imide groups is 1. The normalized spacial score (nSPS) is 13.6. The van der Waals surface area contributed by atoms with Crippen LogP contribution in [0.3, 0.4) is 0 Å².